The highest BCUT2D eigenvalue weighted by Gasteiger charge is 2.19. The monoisotopic (exact) mass is 975 g/mol. The second-order valence-corrected chi connectivity index (χ2v) is 22.4. The number of carbonyl (C=O) groups excluding carboxylic acids is 3. The minimum atomic E-state index is -0.763. The van der Waals surface area contributed by atoms with Crippen LogP contribution in [0.25, 0.3) is 0 Å². The third kappa shape index (κ3) is 55.6. The molecule has 2 atom stereocenters. The molecule has 0 aromatic heterocycles. The minimum Gasteiger partial charge on any atom is -0.462 e. The molecule has 0 amide bonds. The van der Waals surface area contributed by atoms with Crippen molar-refractivity contribution in [1.82, 2.24) is 0 Å². The van der Waals surface area contributed by atoms with Gasteiger partial charge in [-0.15, -0.1) is 0 Å². The number of rotatable bonds is 57. The summed E-state index contributed by atoms with van der Waals surface area (Å²) in [5, 5.41) is 0. The first kappa shape index (κ1) is 67.4. The van der Waals surface area contributed by atoms with Crippen LogP contribution in [0.3, 0.4) is 0 Å². The molecule has 410 valence electrons. The second kappa shape index (κ2) is 55.7. The highest BCUT2D eigenvalue weighted by Crippen LogP contribution is 2.19. The van der Waals surface area contributed by atoms with Crippen LogP contribution in [-0.4, -0.2) is 37.2 Å². The Morgan fingerprint density at radius 3 is 0.826 bits per heavy atom. The molecule has 0 aliphatic carbocycles. The van der Waals surface area contributed by atoms with Crippen molar-refractivity contribution >= 4 is 17.9 Å². The Balaban J connectivity index is 4.29. The number of hydrogen-bond acceptors (Lipinski definition) is 6. The van der Waals surface area contributed by atoms with Crippen molar-refractivity contribution in [1.29, 1.82) is 0 Å². The van der Waals surface area contributed by atoms with E-state index in [1.54, 1.807) is 0 Å². The SMILES string of the molecule is CCCCCCCCCCCCCCCCCC(=O)OC[C@@H](COC(=O)CCCCCCCCCCCCCCCCCC(C)C)OC(=O)CCCCCCCCCCCCCCCCC(C)CC. The molecule has 0 aromatic rings. The van der Waals surface area contributed by atoms with E-state index in [0.29, 0.717) is 19.3 Å². The number of carbonyl (C=O) groups is 3. The Morgan fingerprint density at radius 1 is 0.304 bits per heavy atom. The average molecular weight is 976 g/mol. The van der Waals surface area contributed by atoms with Crippen LogP contribution in [-0.2, 0) is 28.6 Å². The predicted octanol–water partition coefficient (Wildman–Crippen LogP) is 20.8. The van der Waals surface area contributed by atoms with Crippen LogP contribution in [0, 0.1) is 11.8 Å². The smallest absolute Gasteiger partial charge is 0.306 e. The molecule has 0 spiro atoms. The maximum Gasteiger partial charge on any atom is 0.306 e. The van der Waals surface area contributed by atoms with Gasteiger partial charge in [0, 0.05) is 19.3 Å². The van der Waals surface area contributed by atoms with Gasteiger partial charge in [0.15, 0.2) is 6.10 Å². The van der Waals surface area contributed by atoms with Crippen molar-refractivity contribution in [3.8, 4) is 0 Å². The van der Waals surface area contributed by atoms with Crippen LogP contribution < -0.4 is 0 Å². The average Bonchev–Trinajstić information content (AvgIpc) is 3.34. The van der Waals surface area contributed by atoms with E-state index in [0.717, 1.165) is 69.6 Å². The molecule has 0 saturated carbocycles. The largest absolute Gasteiger partial charge is 0.462 e. The minimum absolute atomic E-state index is 0.0620. The van der Waals surface area contributed by atoms with Gasteiger partial charge in [0.1, 0.15) is 13.2 Å². The molecule has 0 aromatic carbocycles. The van der Waals surface area contributed by atoms with Crippen LogP contribution in [0.4, 0.5) is 0 Å². The van der Waals surface area contributed by atoms with Gasteiger partial charge < -0.3 is 14.2 Å². The van der Waals surface area contributed by atoms with E-state index in [1.807, 2.05) is 0 Å². The summed E-state index contributed by atoms with van der Waals surface area (Å²) in [6.07, 6.45) is 60.9. The van der Waals surface area contributed by atoms with Crippen LogP contribution in [0.15, 0.2) is 0 Å². The Hall–Kier alpha value is -1.59. The molecule has 0 saturated heterocycles. The van der Waals surface area contributed by atoms with Crippen molar-refractivity contribution in [2.75, 3.05) is 13.2 Å². The zero-order valence-corrected chi connectivity index (χ0v) is 47.5. The molecule has 6 nitrogen and oxygen atoms in total. The number of hydrogen-bond donors (Lipinski definition) is 0. The van der Waals surface area contributed by atoms with Crippen molar-refractivity contribution in [3.05, 3.63) is 0 Å². The molecule has 0 aliphatic rings. The van der Waals surface area contributed by atoms with Crippen LogP contribution in [0.2, 0.25) is 0 Å². The highest BCUT2D eigenvalue weighted by atomic mass is 16.6. The zero-order valence-electron chi connectivity index (χ0n) is 47.5. The van der Waals surface area contributed by atoms with Gasteiger partial charge >= 0.3 is 17.9 Å². The van der Waals surface area contributed by atoms with Crippen molar-refractivity contribution in [2.24, 2.45) is 11.8 Å². The zero-order chi connectivity index (χ0) is 50.4. The molecular formula is C63H122O6. The summed E-state index contributed by atoms with van der Waals surface area (Å²) in [7, 11) is 0. The highest BCUT2D eigenvalue weighted by molar-refractivity contribution is 5.71. The summed E-state index contributed by atoms with van der Waals surface area (Å²) < 4.78 is 16.9. The number of unbranched alkanes of at least 4 members (excludes halogenated alkanes) is 41. The van der Waals surface area contributed by atoms with E-state index in [4.69, 9.17) is 14.2 Å². The summed E-state index contributed by atoms with van der Waals surface area (Å²) in [4.78, 5) is 38.3. The topological polar surface area (TPSA) is 78.9 Å². The third-order valence-corrected chi connectivity index (χ3v) is 14.8. The van der Waals surface area contributed by atoms with Gasteiger partial charge in [0.05, 0.1) is 0 Å². The molecule has 0 fully saturated rings. The second-order valence-electron chi connectivity index (χ2n) is 22.4. The van der Waals surface area contributed by atoms with E-state index < -0.39 is 6.10 Å². The van der Waals surface area contributed by atoms with E-state index in [-0.39, 0.29) is 31.1 Å². The van der Waals surface area contributed by atoms with Gasteiger partial charge in [-0.05, 0) is 31.1 Å². The molecule has 0 bridgehead atoms. The number of esters is 3. The quantitative estimate of drug-likeness (QED) is 0.0343. The summed E-state index contributed by atoms with van der Waals surface area (Å²) in [6, 6.07) is 0. The third-order valence-electron chi connectivity index (χ3n) is 14.8. The summed E-state index contributed by atoms with van der Waals surface area (Å²) in [6.45, 7) is 11.5. The first-order chi connectivity index (χ1) is 33.8. The van der Waals surface area contributed by atoms with Crippen molar-refractivity contribution in [3.63, 3.8) is 0 Å². The molecule has 69 heavy (non-hydrogen) atoms. The van der Waals surface area contributed by atoms with Gasteiger partial charge in [-0.25, -0.2) is 0 Å². The Kier molecular flexibility index (Phi) is 54.4. The summed E-state index contributed by atoms with van der Waals surface area (Å²) in [5.74, 6) is 0.911. The lowest BCUT2D eigenvalue weighted by Gasteiger charge is -2.18. The van der Waals surface area contributed by atoms with E-state index in [2.05, 4.69) is 34.6 Å². The Labute approximate surface area is 431 Å². The van der Waals surface area contributed by atoms with Crippen LogP contribution in [0.1, 0.15) is 356 Å². The lowest BCUT2D eigenvalue weighted by molar-refractivity contribution is -0.167. The van der Waals surface area contributed by atoms with Crippen molar-refractivity contribution in [2.45, 2.75) is 362 Å². The maximum atomic E-state index is 12.9. The summed E-state index contributed by atoms with van der Waals surface area (Å²) in [5.41, 5.74) is 0. The van der Waals surface area contributed by atoms with E-state index >= 15 is 0 Å². The number of ether oxygens (including phenoxy) is 3. The van der Waals surface area contributed by atoms with Crippen LogP contribution in [0.5, 0.6) is 0 Å². The molecule has 6 heteroatoms. The van der Waals surface area contributed by atoms with Gasteiger partial charge in [-0.1, -0.05) is 317 Å². The molecule has 0 heterocycles. The van der Waals surface area contributed by atoms with Crippen LogP contribution >= 0.6 is 0 Å². The normalized spacial score (nSPS) is 12.4. The van der Waals surface area contributed by atoms with Gasteiger partial charge in [0.2, 0.25) is 0 Å². The lowest BCUT2D eigenvalue weighted by atomic mass is 9.99. The molecule has 0 rings (SSSR count). The fraction of sp³-hybridized carbons (Fsp3) is 0.952. The molecule has 0 N–H and O–H groups in total. The van der Waals surface area contributed by atoms with Gasteiger partial charge in [0.25, 0.3) is 0 Å². The Morgan fingerprint density at radius 2 is 0.551 bits per heavy atom. The summed E-state index contributed by atoms with van der Waals surface area (Å²) >= 11 is 0. The predicted molar refractivity (Wildman–Crippen MR) is 298 cm³/mol. The molecule has 0 aliphatic heterocycles. The van der Waals surface area contributed by atoms with Gasteiger partial charge in [-0.2, -0.15) is 0 Å². The molecule has 0 radical (unpaired) electrons. The fourth-order valence-electron chi connectivity index (χ4n) is 9.73. The first-order valence-corrected chi connectivity index (χ1v) is 31.3. The fourth-order valence-corrected chi connectivity index (χ4v) is 9.73. The Bertz CT molecular complexity index is 1060. The van der Waals surface area contributed by atoms with Crippen molar-refractivity contribution < 1.29 is 28.6 Å². The molecule has 1 unspecified atom stereocenters. The van der Waals surface area contributed by atoms with E-state index in [1.165, 1.54) is 244 Å². The standard InChI is InChI=1S/C63H122O6/c1-6-8-9-10-11-12-13-14-16-23-28-33-38-43-48-53-61(64)67-56-60(69-63(66)55-50-45-40-35-30-25-20-19-22-27-32-37-42-47-52-59(5)7-2)57-68-62(65)54-49-44-39-34-29-24-18-15-17-21-26-31-36-41-46-51-58(3)4/h58-60H,6-57H2,1-5H3/t59?,60-/m0/s1. The lowest BCUT2D eigenvalue weighted by Crippen LogP contribution is -2.30. The maximum absolute atomic E-state index is 12.9. The van der Waals surface area contributed by atoms with Gasteiger partial charge in [-0.3, -0.25) is 14.4 Å². The van der Waals surface area contributed by atoms with E-state index in [9.17, 15) is 14.4 Å². The first-order valence-electron chi connectivity index (χ1n) is 31.3. The molecular weight excluding hydrogens is 853 g/mol.